The number of amides is 2. The van der Waals surface area contributed by atoms with Crippen LogP contribution in [-0.2, 0) is 7.05 Å². The third kappa shape index (κ3) is 3.55. The Balaban J connectivity index is 2.02. The van der Waals surface area contributed by atoms with Gasteiger partial charge in [-0.2, -0.15) is 0 Å². The Labute approximate surface area is 130 Å². The first-order valence-corrected chi connectivity index (χ1v) is 7.08. The summed E-state index contributed by atoms with van der Waals surface area (Å²) < 4.78 is 1.78. The van der Waals surface area contributed by atoms with E-state index in [-0.39, 0.29) is 12.1 Å². The summed E-state index contributed by atoms with van der Waals surface area (Å²) in [7, 11) is 5.81. The first-order valence-electron chi connectivity index (χ1n) is 7.08. The minimum absolute atomic E-state index is 0.228. The highest BCUT2D eigenvalue weighted by atomic mass is 16.2. The van der Waals surface area contributed by atoms with Gasteiger partial charge in [0.05, 0.1) is 6.04 Å². The molecule has 7 nitrogen and oxygen atoms in total. The van der Waals surface area contributed by atoms with Gasteiger partial charge in [0, 0.05) is 32.5 Å². The summed E-state index contributed by atoms with van der Waals surface area (Å²) in [4.78, 5) is 14.1. The summed E-state index contributed by atoms with van der Waals surface area (Å²) in [6.45, 7) is 3.83. The molecule has 1 aromatic heterocycles. The number of carbonyl (C=O) groups is 1. The van der Waals surface area contributed by atoms with Gasteiger partial charge in [-0.05, 0) is 37.6 Å². The molecule has 118 valence electrons. The fraction of sp³-hybridized carbons (Fsp3) is 0.400. The van der Waals surface area contributed by atoms with Crippen LogP contribution in [0.3, 0.4) is 0 Å². The first kappa shape index (κ1) is 15.8. The molecule has 0 bridgehead atoms. The monoisotopic (exact) mass is 302 g/mol. The summed E-state index contributed by atoms with van der Waals surface area (Å²) in [5.74, 6) is 0.704. The maximum atomic E-state index is 12.1. The molecule has 2 aromatic rings. The van der Waals surface area contributed by atoms with Gasteiger partial charge in [-0.1, -0.05) is 0 Å². The number of anilines is 2. The van der Waals surface area contributed by atoms with Gasteiger partial charge in [0.25, 0.3) is 0 Å². The van der Waals surface area contributed by atoms with E-state index >= 15 is 0 Å². The molecule has 1 atom stereocenters. The van der Waals surface area contributed by atoms with Crippen LogP contribution in [0.2, 0.25) is 0 Å². The van der Waals surface area contributed by atoms with Gasteiger partial charge in [-0.25, -0.2) is 4.79 Å². The average Bonchev–Trinajstić information content (AvgIpc) is 2.87. The van der Waals surface area contributed by atoms with Crippen molar-refractivity contribution in [1.82, 2.24) is 20.1 Å². The Bertz CT molecular complexity index is 664. The second-order valence-corrected chi connectivity index (χ2v) is 5.51. The number of aromatic nitrogens is 3. The minimum Gasteiger partial charge on any atom is -0.378 e. The molecule has 0 spiro atoms. The Morgan fingerprint density at radius 2 is 2.09 bits per heavy atom. The highest BCUT2D eigenvalue weighted by Crippen LogP contribution is 2.21. The lowest BCUT2D eigenvalue weighted by molar-refractivity contribution is 0.248. The zero-order valence-corrected chi connectivity index (χ0v) is 13.6. The lowest BCUT2D eigenvalue weighted by Crippen LogP contribution is -2.32. The third-order valence-corrected chi connectivity index (χ3v) is 3.46. The van der Waals surface area contributed by atoms with E-state index in [0.29, 0.717) is 5.82 Å². The molecule has 1 aromatic carbocycles. The molecule has 0 radical (unpaired) electrons. The number of benzene rings is 1. The zero-order valence-electron chi connectivity index (χ0n) is 13.6. The maximum Gasteiger partial charge on any atom is 0.319 e. The van der Waals surface area contributed by atoms with Crippen LogP contribution in [0.1, 0.15) is 24.4 Å². The van der Waals surface area contributed by atoms with E-state index in [4.69, 9.17) is 0 Å². The van der Waals surface area contributed by atoms with Gasteiger partial charge in [0.2, 0.25) is 0 Å². The second-order valence-electron chi connectivity index (χ2n) is 5.51. The molecule has 0 aliphatic carbocycles. The number of urea groups is 1. The zero-order chi connectivity index (χ0) is 16.3. The summed E-state index contributed by atoms with van der Waals surface area (Å²) in [5.41, 5.74) is 2.89. The van der Waals surface area contributed by atoms with E-state index < -0.39 is 0 Å². The van der Waals surface area contributed by atoms with Crippen molar-refractivity contribution in [3.05, 3.63) is 35.9 Å². The van der Waals surface area contributed by atoms with Crippen molar-refractivity contribution in [2.24, 2.45) is 7.05 Å². The molecule has 0 unspecified atom stereocenters. The Kier molecular flexibility index (Phi) is 4.65. The van der Waals surface area contributed by atoms with Crippen LogP contribution in [0.5, 0.6) is 0 Å². The van der Waals surface area contributed by atoms with Crippen LogP contribution in [0, 0.1) is 6.92 Å². The SMILES string of the molecule is Cc1cc(N(C)C)ccc1NC(=O)N[C@H](C)c1nncn1C. The Morgan fingerprint density at radius 3 is 2.64 bits per heavy atom. The van der Waals surface area contributed by atoms with Gasteiger partial charge in [0.15, 0.2) is 5.82 Å². The highest BCUT2D eigenvalue weighted by molar-refractivity contribution is 5.90. The van der Waals surface area contributed by atoms with Crippen LogP contribution in [0.25, 0.3) is 0 Å². The summed E-state index contributed by atoms with van der Waals surface area (Å²) >= 11 is 0. The Morgan fingerprint density at radius 1 is 1.36 bits per heavy atom. The molecule has 1 heterocycles. The van der Waals surface area contributed by atoms with Gasteiger partial charge in [0.1, 0.15) is 6.33 Å². The van der Waals surface area contributed by atoms with Gasteiger partial charge in [-0.15, -0.1) is 10.2 Å². The van der Waals surface area contributed by atoms with Crippen LogP contribution >= 0.6 is 0 Å². The largest absolute Gasteiger partial charge is 0.378 e. The van der Waals surface area contributed by atoms with Crippen molar-refractivity contribution < 1.29 is 4.79 Å². The summed E-state index contributed by atoms with van der Waals surface area (Å²) in [5, 5.41) is 13.5. The minimum atomic E-state index is -0.267. The maximum absolute atomic E-state index is 12.1. The molecule has 2 rings (SSSR count). The quantitative estimate of drug-likeness (QED) is 0.906. The second kappa shape index (κ2) is 6.46. The van der Waals surface area contributed by atoms with E-state index in [1.54, 1.807) is 10.9 Å². The number of aryl methyl sites for hydroxylation is 2. The summed E-state index contributed by atoms with van der Waals surface area (Å²) in [6.07, 6.45) is 1.61. The molecule has 0 saturated heterocycles. The average molecular weight is 302 g/mol. The molecule has 22 heavy (non-hydrogen) atoms. The topological polar surface area (TPSA) is 75.1 Å². The lowest BCUT2D eigenvalue weighted by Gasteiger charge is -2.17. The predicted octanol–water partition coefficient (Wildman–Crippen LogP) is 2.07. The molecule has 0 aliphatic heterocycles. The number of nitrogens with zero attached hydrogens (tertiary/aromatic N) is 4. The number of nitrogens with one attached hydrogen (secondary N) is 2. The molecular weight excluding hydrogens is 280 g/mol. The van der Waals surface area contributed by atoms with E-state index in [0.717, 1.165) is 16.9 Å². The van der Waals surface area contributed by atoms with Crippen molar-refractivity contribution in [1.29, 1.82) is 0 Å². The molecular formula is C15H22N6O. The van der Waals surface area contributed by atoms with E-state index in [9.17, 15) is 4.79 Å². The molecule has 0 aliphatic rings. The van der Waals surface area contributed by atoms with Crippen molar-refractivity contribution in [3.63, 3.8) is 0 Å². The predicted molar refractivity (Wildman–Crippen MR) is 87.1 cm³/mol. The highest BCUT2D eigenvalue weighted by Gasteiger charge is 2.14. The van der Waals surface area contributed by atoms with E-state index in [2.05, 4.69) is 20.8 Å². The normalized spacial score (nSPS) is 11.9. The number of hydrogen-bond acceptors (Lipinski definition) is 4. The number of hydrogen-bond donors (Lipinski definition) is 2. The lowest BCUT2D eigenvalue weighted by atomic mass is 10.1. The van der Waals surface area contributed by atoms with Crippen LogP contribution in [0.15, 0.2) is 24.5 Å². The van der Waals surface area contributed by atoms with Crippen molar-refractivity contribution in [2.45, 2.75) is 19.9 Å². The Hall–Kier alpha value is -2.57. The molecule has 0 saturated carbocycles. The number of rotatable bonds is 4. The fourth-order valence-corrected chi connectivity index (χ4v) is 2.17. The molecule has 0 fully saturated rings. The van der Waals surface area contributed by atoms with E-state index in [1.807, 2.05) is 58.1 Å². The van der Waals surface area contributed by atoms with Crippen molar-refractivity contribution >= 4 is 17.4 Å². The van der Waals surface area contributed by atoms with Gasteiger partial charge < -0.3 is 20.1 Å². The van der Waals surface area contributed by atoms with Crippen LogP contribution < -0.4 is 15.5 Å². The number of carbonyl (C=O) groups excluding carboxylic acids is 1. The third-order valence-electron chi connectivity index (χ3n) is 3.46. The van der Waals surface area contributed by atoms with Gasteiger partial charge >= 0.3 is 6.03 Å². The van der Waals surface area contributed by atoms with Gasteiger partial charge in [-0.3, -0.25) is 0 Å². The molecule has 2 amide bonds. The first-order chi connectivity index (χ1) is 10.4. The van der Waals surface area contributed by atoms with E-state index in [1.165, 1.54) is 0 Å². The van der Waals surface area contributed by atoms with Crippen molar-refractivity contribution in [2.75, 3.05) is 24.3 Å². The standard InChI is InChI=1S/C15H22N6O/c1-10-8-12(20(3)4)6-7-13(10)18-15(22)17-11(2)14-19-16-9-21(14)5/h6-9,11H,1-5H3,(H2,17,18,22)/t11-/m1/s1. The summed E-state index contributed by atoms with van der Waals surface area (Å²) in [6, 6.07) is 5.40. The fourth-order valence-electron chi connectivity index (χ4n) is 2.17. The van der Waals surface area contributed by atoms with Crippen molar-refractivity contribution in [3.8, 4) is 0 Å². The smallest absolute Gasteiger partial charge is 0.319 e. The van der Waals surface area contributed by atoms with Crippen LogP contribution in [-0.4, -0.2) is 34.9 Å². The van der Waals surface area contributed by atoms with Crippen LogP contribution in [0.4, 0.5) is 16.2 Å². The molecule has 2 N–H and O–H groups in total. The molecule has 7 heteroatoms.